The molecule has 1 atom stereocenters. The Bertz CT molecular complexity index is 937. The summed E-state index contributed by atoms with van der Waals surface area (Å²) in [5.41, 5.74) is 0.869. The molecule has 30 heavy (non-hydrogen) atoms. The SMILES string of the molecule is O=C(NCCc1ccc(OC(F)F)cc1)C1CCCN(S(=O)(=O)c2ccccc2)C1. The van der Waals surface area contributed by atoms with Gasteiger partial charge in [-0.3, -0.25) is 4.79 Å². The zero-order chi connectivity index (χ0) is 21.6. The van der Waals surface area contributed by atoms with E-state index in [2.05, 4.69) is 10.1 Å². The van der Waals surface area contributed by atoms with Gasteiger partial charge in [-0.05, 0) is 49.1 Å². The zero-order valence-electron chi connectivity index (χ0n) is 16.3. The molecule has 0 aromatic heterocycles. The molecule has 0 radical (unpaired) electrons. The molecule has 0 aliphatic carbocycles. The van der Waals surface area contributed by atoms with Crippen LogP contribution in [0.15, 0.2) is 59.5 Å². The normalized spacial score (nSPS) is 17.6. The van der Waals surface area contributed by atoms with Crippen molar-refractivity contribution in [3.05, 3.63) is 60.2 Å². The number of alkyl halides is 2. The molecule has 1 aliphatic heterocycles. The summed E-state index contributed by atoms with van der Waals surface area (Å²) in [6.45, 7) is -1.94. The average Bonchev–Trinajstić information content (AvgIpc) is 2.75. The first-order chi connectivity index (χ1) is 14.4. The van der Waals surface area contributed by atoms with Crippen molar-refractivity contribution in [2.24, 2.45) is 5.92 Å². The standard InChI is InChI=1S/C21H24F2N2O4S/c22-21(23)29-18-10-8-16(9-11-18)12-13-24-20(26)17-5-4-14-25(15-17)30(27,28)19-6-2-1-3-7-19/h1-3,6-11,17,21H,4-5,12-15H2,(H,24,26). The van der Waals surface area contributed by atoms with Crippen molar-refractivity contribution in [2.75, 3.05) is 19.6 Å². The molecule has 3 rings (SSSR count). The van der Waals surface area contributed by atoms with Crippen LogP contribution in [0.5, 0.6) is 5.75 Å². The number of nitrogens with one attached hydrogen (secondary N) is 1. The third kappa shape index (κ3) is 5.76. The van der Waals surface area contributed by atoms with E-state index >= 15 is 0 Å². The number of amides is 1. The number of carbonyl (C=O) groups is 1. The van der Waals surface area contributed by atoms with E-state index in [4.69, 9.17) is 0 Å². The molecule has 1 fully saturated rings. The molecular weight excluding hydrogens is 414 g/mol. The van der Waals surface area contributed by atoms with Crippen LogP contribution in [0.4, 0.5) is 8.78 Å². The maximum absolute atomic E-state index is 12.8. The molecule has 1 N–H and O–H groups in total. The minimum atomic E-state index is -3.62. The molecule has 0 bridgehead atoms. The monoisotopic (exact) mass is 438 g/mol. The van der Waals surface area contributed by atoms with E-state index in [1.807, 2.05) is 0 Å². The highest BCUT2D eigenvalue weighted by atomic mass is 32.2. The molecule has 1 saturated heterocycles. The van der Waals surface area contributed by atoms with Crippen molar-refractivity contribution in [2.45, 2.75) is 30.8 Å². The third-order valence-corrected chi connectivity index (χ3v) is 6.88. The van der Waals surface area contributed by atoms with Crippen molar-refractivity contribution in [1.29, 1.82) is 0 Å². The summed E-state index contributed by atoms with van der Waals surface area (Å²) in [4.78, 5) is 12.8. The lowest BCUT2D eigenvalue weighted by molar-refractivity contribution is -0.126. The third-order valence-electron chi connectivity index (χ3n) is 5.00. The number of nitrogens with zero attached hydrogens (tertiary/aromatic N) is 1. The van der Waals surface area contributed by atoms with Crippen LogP contribution in [-0.4, -0.2) is 44.9 Å². The molecule has 0 spiro atoms. The molecule has 9 heteroatoms. The maximum atomic E-state index is 12.8. The van der Waals surface area contributed by atoms with Gasteiger partial charge in [0.2, 0.25) is 15.9 Å². The molecule has 0 saturated carbocycles. The predicted molar refractivity (Wildman–Crippen MR) is 108 cm³/mol. The van der Waals surface area contributed by atoms with E-state index < -0.39 is 22.6 Å². The number of hydrogen-bond acceptors (Lipinski definition) is 4. The lowest BCUT2D eigenvalue weighted by Gasteiger charge is -2.31. The Labute approximate surface area is 174 Å². The molecule has 1 aliphatic rings. The van der Waals surface area contributed by atoms with Gasteiger partial charge < -0.3 is 10.1 Å². The number of sulfonamides is 1. The van der Waals surface area contributed by atoms with Crippen LogP contribution < -0.4 is 10.1 Å². The zero-order valence-corrected chi connectivity index (χ0v) is 17.2. The van der Waals surface area contributed by atoms with Crippen molar-refractivity contribution in [3.63, 3.8) is 0 Å². The van der Waals surface area contributed by atoms with Gasteiger partial charge in [0.25, 0.3) is 0 Å². The van der Waals surface area contributed by atoms with Gasteiger partial charge >= 0.3 is 6.61 Å². The smallest absolute Gasteiger partial charge is 0.387 e. The fraction of sp³-hybridized carbons (Fsp3) is 0.381. The van der Waals surface area contributed by atoms with Crippen LogP contribution in [0, 0.1) is 5.92 Å². The van der Waals surface area contributed by atoms with E-state index in [1.54, 1.807) is 42.5 Å². The van der Waals surface area contributed by atoms with Gasteiger partial charge in [-0.25, -0.2) is 8.42 Å². The van der Waals surface area contributed by atoms with Crippen molar-refractivity contribution in [1.82, 2.24) is 9.62 Å². The number of piperidine rings is 1. The Morgan fingerprint density at radius 1 is 1.13 bits per heavy atom. The maximum Gasteiger partial charge on any atom is 0.387 e. The summed E-state index contributed by atoms with van der Waals surface area (Å²) in [5.74, 6) is -0.501. The van der Waals surface area contributed by atoms with E-state index in [0.29, 0.717) is 32.4 Å². The predicted octanol–water partition coefficient (Wildman–Crippen LogP) is 3.05. The van der Waals surface area contributed by atoms with E-state index in [1.165, 1.54) is 16.4 Å². The van der Waals surface area contributed by atoms with Gasteiger partial charge in [0.1, 0.15) is 5.75 Å². The minimum Gasteiger partial charge on any atom is -0.435 e. The summed E-state index contributed by atoms with van der Waals surface area (Å²) in [5, 5.41) is 2.85. The largest absolute Gasteiger partial charge is 0.435 e. The quantitative estimate of drug-likeness (QED) is 0.688. The number of rotatable bonds is 8. The van der Waals surface area contributed by atoms with Crippen LogP contribution in [0.3, 0.4) is 0 Å². The molecule has 2 aromatic carbocycles. The van der Waals surface area contributed by atoms with Crippen LogP contribution in [0.1, 0.15) is 18.4 Å². The molecule has 2 aromatic rings. The van der Waals surface area contributed by atoms with Gasteiger partial charge in [-0.1, -0.05) is 30.3 Å². The van der Waals surface area contributed by atoms with Gasteiger partial charge in [0.15, 0.2) is 0 Å². The van der Waals surface area contributed by atoms with Gasteiger partial charge in [0.05, 0.1) is 10.8 Å². The summed E-state index contributed by atoms with van der Waals surface area (Å²) in [6, 6.07) is 14.4. The van der Waals surface area contributed by atoms with Gasteiger partial charge in [-0.15, -0.1) is 0 Å². The highest BCUT2D eigenvalue weighted by molar-refractivity contribution is 7.89. The topological polar surface area (TPSA) is 75.7 Å². The lowest BCUT2D eigenvalue weighted by Crippen LogP contribution is -2.45. The summed E-state index contributed by atoms with van der Waals surface area (Å²) in [7, 11) is -3.62. The number of ether oxygens (including phenoxy) is 1. The Morgan fingerprint density at radius 2 is 1.83 bits per heavy atom. The number of hydrogen-bond donors (Lipinski definition) is 1. The highest BCUT2D eigenvalue weighted by Gasteiger charge is 2.33. The first-order valence-corrected chi connectivity index (χ1v) is 11.2. The summed E-state index contributed by atoms with van der Waals surface area (Å²) >= 11 is 0. The van der Waals surface area contributed by atoms with E-state index in [0.717, 1.165) is 5.56 Å². The lowest BCUT2D eigenvalue weighted by atomic mass is 9.99. The van der Waals surface area contributed by atoms with Gasteiger partial charge in [-0.2, -0.15) is 13.1 Å². The van der Waals surface area contributed by atoms with Gasteiger partial charge in [0, 0.05) is 19.6 Å². The number of carbonyl (C=O) groups excluding carboxylic acids is 1. The van der Waals surface area contributed by atoms with Crippen molar-refractivity contribution >= 4 is 15.9 Å². The average molecular weight is 438 g/mol. The van der Waals surface area contributed by atoms with Crippen molar-refractivity contribution < 1.29 is 26.7 Å². The van der Waals surface area contributed by atoms with Crippen LogP contribution >= 0.6 is 0 Å². The Kier molecular flexibility index (Phi) is 7.38. The first-order valence-electron chi connectivity index (χ1n) is 9.73. The highest BCUT2D eigenvalue weighted by Crippen LogP contribution is 2.24. The molecular formula is C21H24F2N2O4S. The molecule has 6 nitrogen and oxygen atoms in total. The number of benzene rings is 2. The second-order valence-corrected chi connectivity index (χ2v) is 9.02. The minimum absolute atomic E-state index is 0.0831. The fourth-order valence-corrected chi connectivity index (χ4v) is 4.97. The van der Waals surface area contributed by atoms with Crippen molar-refractivity contribution in [3.8, 4) is 5.75 Å². The van der Waals surface area contributed by atoms with Crippen LogP contribution in [-0.2, 0) is 21.2 Å². The van der Waals surface area contributed by atoms with Crippen LogP contribution in [0.25, 0.3) is 0 Å². The summed E-state index contributed by atoms with van der Waals surface area (Å²) in [6.07, 6.45) is 1.78. The Balaban J connectivity index is 1.51. The van der Waals surface area contributed by atoms with Crippen LogP contribution in [0.2, 0.25) is 0 Å². The molecule has 1 heterocycles. The Morgan fingerprint density at radius 3 is 2.50 bits per heavy atom. The summed E-state index contributed by atoms with van der Waals surface area (Å²) < 4.78 is 55.6. The number of halogens is 2. The van der Waals surface area contributed by atoms with E-state index in [9.17, 15) is 22.0 Å². The fourth-order valence-electron chi connectivity index (χ4n) is 3.43. The molecule has 1 unspecified atom stereocenters. The molecule has 1 amide bonds. The second-order valence-electron chi connectivity index (χ2n) is 7.08. The first kappa shape index (κ1) is 22.2. The Hall–Kier alpha value is -2.52. The molecule has 162 valence electrons. The van der Waals surface area contributed by atoms with E-state index in [-0.39, 0.29) is 23.1 Å². The second kappa shape index (κ2) is 9.99.